The van der Waals surface area contributed by atoms with Crippen LogP contribution in [-0.4, -0.2) is 34.0 Å². The molecule has 2 fully saturated rings. The maximum absolute atomic E-state index is 11.5. The maximum Gasteiger partial charge on any atom is 0.334 e. The van der Waals surface area contributed by atoms with E-state index in [4.69, 9.17) is 0 Å². The molecule has 0 aromatic rings. The fraction of sp³-hybridized carbons (Fsp3) is 0.800. The zero-order chi connectivity index (χ0) is 14.0. The summed E-state index contributed by atoms with van der Waals surface area (Å²) >= 11 is 0. The largest absolute Gasteiger partial charge is 0.478 e. The standard InChI is InChI=1S/C15H22O4/c1-8-3-4-9-5-10-12(13(18)19)11(17)6-15(8,10)14(9,2)7-16/h8-9,11,16-17H,3-7H2,1-2H3,(H,18,19). The predicted molar refractivity (Wildman–Crippen MR) is 69.4 cm³/mol. The van der Waals surface area contributed by atoms with Gasteiger partial charge in [0.05, 0.1) is 11.7 Å². The molecule has 4 heteroatoms. The number of carbonyl (C=O) groups is 1. The van der Waals surface area contributed by atoms with Crippen LogP contribution in [0.15, 0.2) is 11.1 Å². The minimum atomic E-state index is -0.987. The van der Waals surface area contributed by atoms with E-state index >= 15 is 0 Å². The van der Waals surface area contributed by atoms with Crippen molar-refractivity contribution in [2.75, 3.05) is 6.61 Å². The first kappa shape index (κ1) is 13.1. The van der Waals surface area contributed by atoms with Crippen LogP contribution < -0.4 is 0 Å². The van der Waals surface area contributed by atoms with E-state index in [9.17, 15) is 20.1 Å². The predicted octanol–water partition coefficient (Wildman–Crippen LogP) is 1.57. The highest BCUT2D eigenvalue weighted by molar-refractivity contribution is 5.90. The molecular formula is C15H22O4. The van der Waals surface area contributed by atoms with Crippen molar-refractivity contribution >= 4 is 5.97 Å². The molecule has 3 rings (SSSR count). The van der Waals surface area contributed by atoms with Gasteiger partial charge in [-0.05, 0) is 43.1 Å². The molecule has 19 heavy (non-hydrogen) atoms. The summed E-state index contributed by atoms with van der Waals surface area (Å²) in [7, 11) is 0. The second kappa shape index (κ2) is 3.83. The van der Waals surface area contributed by atoms with Crippen molar-refractivity contribution in [1.82, 2.24) is 0 Å². The Morgan fingerprint density at radius 1 is 1.42 bits per heavy atom. The van der Waals surface area contributed by atoms with Crippen LogP contribution in [0.1, 0.15) is 39.5 Å². The fourth-order valence-electron chi connectivity index (χ4n) is 5.40. The van der Waals surface area contributed by atoms with Crippen molar-refractivity contribution in [2.24, 2.45) is 22.7 Å². The lowest BCUT2D eigenvalue weighted by molar-refractivity contribution is -0.133. The molecule has 3 aliphatic rings. The third-order valence-corrected chi connectivity index (χ3v) is 6.43. The highest BCUT2D eigenvalue weighted by atomic mass is 16.4. The number of aliphatic carboxylic acids is 1. The number of aliphatic hydroxyl groups excluding tert-OH is 2. The van der Waals surface area contributed by atoms with Crippen LogP contribution in [0, 0.1) is 22.7 Å². The van der Waals surface area contributed by atoms with Crippen LogP contribution in [0.2, 0.25) is 0 Å². The van der Waals surface area contributed by atoms with Crippen molar-refractivity contribution in [3.05, 3.63) is 11.1 Å². The van der Waals surface area contributed by atoms with E-state index in [1.165, 1.54) is 0 Å². The van der Waals surface area contributed by atoms with Gasteiger partial charge < -0.3 is 15.3 Å². The highest BCUT2D eigenvalue weighted by Gasteiger charge is 2.68. The van der Waals surface area contributed by atoms with Crippen LogP contribution >= 0.6 is 0 Å². The van der Waals surface area contributed by atoms with Crippen molar-refractivity contribution in [3.63, 3.8) is 0 Å². The van der Waals surface area contributed by atoms with Gasteiger partial charge in [0.2, 0.25) is 0 Å². The SMILES string of the molecule is CC1CCC2CC3=C(C(=O)O)C(O)CC31C2(C)CO. The van der Waals surface area contributed by atoms with Crippen LogP contribution in [-0.2, 0) is 4.79 Å². The van der Waals surface area contributed by atoms with Crippen molar-refractivity contribution in [2.45, 2.75) is 45.6 Å². The first-order valence-electron chi connectivity index (χ1n) is 7.14. The Bertz CT molecular complexity index is 469. The average Bonchev–Trinajstić information content (AvgIpc) is 2.71. The summed E-state index contributed by atoms with van der Waals surface area (Å²) in [6.07, 6.45) is 2.44. The van der Waals surface area contributed by atoms with E-state index < -0.39 is 12.1 Å². The summed E-state index contributed by atoms with van der Waals surface area (Å²) in [5.74, 6) is -0.310. The van der Waals surface area contributed by atoms with Gasteiger partial charge in [0, 0.05) is 17.4 Å². The number of carboxylic acid groups (broad SMARTS) is 1. The Morgan fingerprint density at radius 3 is 2.68 bits per heavy atom. The van der Waals surface area contributed by atoms with E-state index in [-0.39, 0.29) is 23.0 Å². The van der Waals surface area contributed by atoms with Gasteiger partial charge >= 0.3 is 5.97 Å². The molecule has 2 bridgehead atoms. The third kappa shape index (κ3) is 1.29. The molecule has 0 amide bonds. The number of hydrogen-bond acceptors (Lipinski definition) is 3. The van der Waals surface area contributed by atoms with E-state index in [1.54, 1.807) is 0 Å². The Labute approximate surface area is 113 Å². The average molecular weight is 266 g/mol. The van der Waals surface area contributed by atoms with E-state index in [1.807, 2.05) is 0 Å². The molecule has 0 saturated heterocycles. The quantitative estimate of drug-likeness (QED) is 0.709. The molecule has 2 saturated carbocycles. The molecule has 5 atom stereocenters. The summed E-state index contributed by atoms with van der Waals surface area (Å²) in [5.41, 5.74) is 0.561. The number of hydrogen-bond donors (Lipinski definition) is 3. The second-order valence-electron chi connectivity index (χ2n) is 6.84. The van der Waals surface area contributed by atoms with Crippen molar-refractivity contribution < 1.29 is 20.1 Å². The topological polar surface area (TPSA) is 77.8 Å². The van der Waals surface area contributed by atoms with Gasteiger partial charge in [-0.3, -0.25) is 0 Å². The molecule has 0 aromatic carbocycles. The molecule has 1 spiro atoms. The second-order valence-corrected chi connectivity index (χ2v) is 6.84. The zero-order valence-corrected chi connectivity index (χ0v) is 11.5. The van der Waals surface area contributed by atoms with E-state index in [0.717, 1.165) is 24.8 Å². The number of aliphatic hydroxyl groups is 2. The number of allylic oxidation sites excluding steroid dienone is 1. The lowest BCUT2D eigenvalue weighted by Gasteiger charge is -2.52. The van der Waals surface area contributed by atoms with Gasteiger partial charge in [-0.25, -0.2) is 4.79 Å². The van der Waals surface area contributed by atoms with Crippen molar-refractivity contribution in [3.8, 4) is 0 Å². The molecular weight excluding hydrogens is 244 g/mol. The maximum atomic E-state index is 11.5. The van der Waals surface area contributed by atoms with Crippen LogP contribution in [0.3, 0.4) is 0 Å². The van der Waals surface area contributed by atoms with Gasteiger partial charge in [-0.15, -0.1) is 0 Å². The Kier molecular flexibility index (Phi) is 2.64. The Morgan fingerprint density at radius 2 is 2.11 bits per heavy atom. The van der Waals surface area contributed by atoms with Gasteiger partial charge in [0.25, 0.3) is 0 Å². The van der Waals surface area contributed by atoms with Gasteiger partial charge in [-0.1, -0.05) is 13.8 Å². The third-order valence-electron chi connectivity index (χ3n) is 6.43. The van der Waals surface area contributed by atoms with E-state index in [2.05, 4.69) is 13.8 Å². The molecule has 0 aromatic heterocycles. The zero-order valence-electron chi connectivity index (χ0n) is 11.5. The minimum Gasteiger partial charge on any atom is -0.478 e. The molecule has 0 radical (unpaired) electrons. The minimum absolute atomic E-state index is 0.0745. The van der Waals surface area contributed by atoms with Gasteiger partial charge in [0.1, 0.15) is 0 Å². The number of carboxylic acids is 1. The van der Waals surface area contributed by atoms with Gasteiger partial charge in [-0.2, -0.15) is 0 Å². The number of rotatable bonds is 2. The van der Waals surface area contributed by atoms with Crippen LogP contribution in [0.4, 0.5) is 0 Å². The van der Waals surface area contributed by atoms with Crippen LogP contribution in [0.5, 0.6) is 0 Å². The first-order valence-corrected chi connectivity index (χ1v) is 7.14. The monoisotopic (exact) mass is 266 g/mol. The molecule has 0 aliphatic heterocycles. The van der Waals surface area contributed by atoms with Crippen LogP contribution in [0.25, 0.3) is 0 Å². The lowest BCUT2D eigenvalue weighted by atomic mass is 9.52. The molecule has 0 heterocycles. The summed E-state index contributed by atoms with van der Waals surface area (Å²) in [6.45, 7) is 4.30. The number of fused-ring (bicyclic) bond motifs is 1. The lowest BCUT2D eigenvalue weighted by Crippen LogP contribution is -2.49. The fourth-order valence-corrected chi connectivity index (χ4v) is 5.40. The Hall–Kier alpha value is -0.870. The summed E-state index contributed by atoms with van der Waals surface area (Å²) < 4.78 is 0. The smallest absolute Gasteiger partial charge is 0.334 e. The first-order chi connectivity index (χ1) is 8.88. The summed E-state index contributed by atoms with van der Waals surface area (Å²) in [4.78, 5) is 11.5. The molecule has 4 nitrogen and oxygen atoms in total. The molecule has 5 unspecified atom stereocenters. The summed E-state index contributed by atoms with van der Waals surface area (Å²) in [6, 6.07) is 0. The molecule has 3 aliphatic carbocycles. The summed E-state index contributed by atoms with van der Waals surface area (Å²) in [5, 5.41) is 29.5. The van der Waals surface area contributed by atoms with E-state index in [0.29, 0.717) is 18.3 Å². The molecule has 106 valence electrons. The van der Waals surface area contributed by atoms with Crippen molar-refractivity contribution in [1.29, 1.82) is 0 Å². The van der Waals surface area contributed by atoms with Gasteiger partial charge in [0.15, 0.2) is 0 Å². The Balaban J connectivity index is 2.23. The molecule has 3 N–H and O–H groups in total. The normalized spacial score (nSPS) is 48.5. The highest BCUT2D eigenvalue weighted by Crippen LogP contribution is 2.72.